The van der Waals surface area contributed by atoms with Gasteiger partial charge in [-0.25, -0.2) is 4.98 Å². The zero-order chi connectivity index (χ0) is 16.8. The van der Waals surface area contributed by atoms with E-state index in [2.05, 4.69) is 27.8 Å². The van der Waals surface area contributed by atoms with Crippen molar-refractivity contribution in [1.29, 1.82) is 0 Å². The van der Waals surface area contributed by atoms with Crippen LogP contribution >= 0.6 is 23.8 Å². The van der Waals surface area contributed by atoms with Crippen LogP contribution in [0.1, 0.15) is 11.1 Å². The van der Waals surface area contributed by atoms with E-state index in [-0.39, 0.29) is 0 Å². The lowest BCUT2D eigenvalue weighted by atomic mass is 10.1. The first kappa shape index (κ1) is 16.4. The number of halogens is 1. The van der Waals surface area contributed by atoms with Crippen molar-refractivity contribution in [3.8, 4) is 0 Å². The van der Waals surface area contributed by atoms with Gasteiger partial charge in [-0.15, -0.1) is 0 Å². The molecule has 1 aromatic heterocycles. The molecule has 0 spiro atoms. The molecule has 1 heterocycles. The Morgan fingerprint density at radius 1 is 0.917 bits per heavy atom. The molecule has 0 bridgehead atoms. The number of rotatable bonds is 4. The minimum atomic E-state index is 0.491. The standard InChI is InChI=1S/C19H16ClN3S/c20-16-8-10-17(11-9-16)22-19(24)23-18-15(7-4-12-21-18)13-14-5-2-1-3-6-14/h1-12H,13H2,(H2,21,22,23,24). The largest absolute Gasteiger partial charge is 0.332 e. The van der Waals surface area contributed by atoms with E-state index in [0.29, 0.717) is 10.1 Å². The molecule has 0 saturated carbocycles. The molecular weight excluding hydrogens is 338 g/mol. The van der Waals surface area contributed by atoms with E-state index in [1.54, 1.807) is 6.20 Å². The molecule has 0 radical (unpaired) electrons. The highest BCUT2D eigenvalue weighted by atomic mass is 35.5. The molecule has 3 nitrogen and oxygen atoms in total. The van der Waals surface area contributed by atoms with Gasteiger partial charge in [0, 0.05) is 23.3 Å². The van der Waals surface area contributed by atoms with Crippen LogP contribution < -0.4 is 10.6 Å². The summed E-state index contributed by atoms with van der Waals surface area (Å²) in [4.78, 5) is 4.41. The highest BCUT2D eigenvalue weighted by molar-refractivity contribution is 7.80. The number of thiocarbonyl (C=S) groups is 1. The van der Waals surface area contributed by atoms with Crippen LogP contribution in [0.2, 0.25) is 5.02 Å². The fraction of sp³-hybridized carbons (Fsp3) is 0.0526. The molecule has 3 rings (SSSR count). The van der Waals surface area contributed by atoms with Gasteiger partial charge >= 0.3 is 0 Å². The minimum absolute atomic E-state index is 0.491. The van der Waals surface area contributed by atoms with E-state index < -0.39 is 0 Å². The third-order valence-electron chi connectivity index (χ3n) is 3.46. The Morgan fingerprint density at radius 3 is 2.42 bits per heavy atom. The van der Waals surface area contributed by atoms with Crippen molar-refractivity contribution < 1.29 is 0 Å². The maximum absolute atomic E-state index is 5.89. The Bertz CT molecular complexity index is 820. The third-order valence-corrected chi connectivity index (χ3v) is 3.92. The Hall–Kier alpha value is -2.43. The van der Waals surface area contributed by atoms with Crippen LogP contribution in [-0.2, 0) is 6.42 Å². The van der Waals surface area contributed by atoms with E-state index in [1.165, 1.54) is 5.56 Å². The molecule has 120 valence electrons. The van der Waals surface area contributed by atoms with Crippen molar-refractivity contribution >= 4 is 40.4 Å². The summed E-state index contributed by atoms with van der Waals surface area (Å²) in [6, 6.07) is 21.6. The number of hydrogen-bond acceptors (Lipinski definition) is 2. The molecule has 0 saturated heterocycles. The monoisotopic (exact) mass is 353 g/mol. The van der Waals surface area contributed by atoms with E-state index in [9.17, 15) is 0 Å². The van der Waals surface area contributed by atoms with Crippen LogP contribution in [-0.4, -0.2) is 10.1 Å². The van der Waals surface area contributed by atoms with Gasteiger partial charge in [-0.2, -0.15) is 0 Å². The van der Waals surface area contributed by atoms with Crippen LogP contribution in [0.15, 0.2) is 72.9 Å². The van der Waals surface area contributed by atoms with Crippen molar-refractivity contribution in [3.05, 3.63) is 89.1 Å². The molecule has 2 aromatic carbocycles. The van der Waals surface area contributed by atoms with Crippen LogP contribution in [0, 0.1) is 0 Å². The molecule has 3 aromatic rings. The van der Waals surface area contributed by atoms with Gasteiger partial charge < -0.3 is 10.6 Å². The number of anilines is 2. The van der Waals surface area contributed by atoms with Crippen LogP contribution in [0.5, 0.6) is 0 Å². The lowest BCUT2D eigenvalue weighted by Crippen LogP contribution is -2.20. The topological polar surface area (TPSA) is 37.0 Å². The second-order valence-electron chi connectivity index (χ2n) is 5.26. The predicted octanol–water partition coefficient (Wildman–Crippen LogP) is 5.13. The van der Waals surface area contributed by atoms with Gasteiger partial charge in [-0.05, 0) is 53.7 Å². The second kappa shape index (κ2) is 7.90. The molecule has 0 fully saturated rings. The molecule has 24 heavy (non-hydrogen) atoms. The third kappa shape index (κ3) is 4.54. The Morgan fingerprint density at radius 2 is 1.67 bits per heavy atom. The summed E-state index contributed by atoms with van der Waals surface area (Å²) in [6.07, 6.45) is 2.54. The maximum Gasteiger partial charge on any atom is 0.176 e. The van der Waals surface area contributed by atoms with E-state index >= 15 is 0 Å². The summed E-state index contributed by atoms with van der Waals surface area (Å²) in [6.45, 7) is 0. The van der Waals surface area contributed by atoms with Gasteiger partial charge in [-0.3, -0.25) is 0 Å². The van der Waals surface area contributed by atoms with E-state index in [1.807, 2.05) is 54.6 Å². The quantitative estimate of drug-likeness (QED) is 0.637. The van der Waals surface area contributed by atoms with Gasteiger partial charge in [0.2, 0.25) is 0 Å². The van der Waals surface area contributed by atoms with Crippen molar-refractivity contribution in [2.24, 2.45) is 0 Å². The first-order valence-corrected chi connectivity index (χ1v) is 8.31. The molecule has 0 aliphatic rings. The highest BCUT2D eigenvalue weighted by Gasteiger charge is 2.06. The lowest BCUT2D eigenvalue weighted by Gasteiger charge is -2.13. The first-order valence-electron chi connectivity index (χ1n) is 7.52. The number of aromatic nitrogens is 1. The summed E-state index contributed by atoms with van der Waals surface area (Å²) in [5.74, 6) is 0.757. The molecule has 2 N–H and O–H groups in total. The molecule has 0 atom stereocenters. The highest BCUT2D eigenvalue weighted by Crippen LogP contribution is 2.18. The van der Waals surface area contributed by atoms with E-state index in [0.717, 1.165) is 23.5 Å². The van der Waals surface area contributed by atoms with Crippen LogP contribution in [0.3, 0.4) is 0 Å². The smallest absolute Gasteiger partial charge is 0.176 e. The maximum atomic E-state index is 5.89. The van der Waals surface area contributed by atoms with Crippen molar-refractivity contribution in [2.45, 2.75) is 6.42 Å². The molecule has 5 heteroatoms. The molecule has 0 unspecified atom stereocenters. The molecular formula is C19H16ClN3S. The average Bonchev–Trinajstić information content (AvgIpc) is 2.60. The van der Waals surface area contributed by atoms with Crippen molar-refractivity contribution in [3.63, 3.8) is 0 Å². The zero-order valence-electron chi connectivity index (χ0n) is 12.9. The lowest BCUT2D eigenvalue weighted by molar-refractivity contribution is 1.15. The molecule has 0 amide bonds. The van der Waals surface area contributed by atoms with Gasteiger partial charge in [-0.1, -0.05) is 48.0 Å². The second-order valence-corrected chi connectivity index (χ2v) is 6.10. The van der Waals surface area contributed by atoms with Crippen molar-refractivity contribution in [2.75, 3.05) is 10.6 Å². The fourth-order valence-electron chi connectivity index (χ4n) is 2.31. The van der Waals surface area contributed by atoms with E-state index in [4.69, 9.17) is 23.8 Å². The molecule has 0 aliphatic heterocycles. The molecule has 0 aliphatic carbocycles. The van der Waals surface area contributed by atoms with Crippen molar-refractivity contribution in [1.82, 2.24) is 4.98 Å². The summed E-state index contributed by atoms with van der Waals surface area (Å²) in [5, 5.41) is 7.48. The normalized spacial score (nSPS) is 10.2. The average molecular weight is 354 g/mol. The van der Waals surface area contributed by atoms with Crippen LogP contribution in [0.4, 0.5) is 11.5 Å². The number of nitrogens with one attached hydrogen (secondary N) is 2. The summed E-state index contributed by atoms with van der Waals surface area (Å²) in [7, 11) is 0. The van der Waals surface area contributed by atoms with Gasteiger partial charge in [0.05, 0.1) is 0 Å². The fourth-order valence-corrected chi connectivity index (χ4v) is 2.65. The summed E-state index contributed by atoms with van der Waals surface area (Å²) in [5.41, 5.74) is 3.19. The number of hydrogen-bond donors (Lipinski definition) is 2. The van der Waals surface area contributed by atoms with Crippen LogP contribution in [0.25, 0.3) is 0 Å². The SMILES string of the molecule is S=C(Nc1ccc(Cl)cc1)Nc1ncccc1Cc1ccccc1. The number of benzene rings is 2. The Balaban J connectivity index is 1.70. The van der Waals surface area contributed by atoms with Gasteiger partial charge in [0.1, 0.15) is 5.82 Å². The summed E-state index contributed by atoms with van der Waals surface area (Å²) >= 11 is 11.3. The number of nitrogens with zero attached hydrogens (tertiary/aromatic N) is 1. The number of pyridine rings is 1. The zero-order valence-corrected chi connectivity index (χ0v) is 14.4. The Kier molecular flexibility index (Phi) is 5.41. The van der Waals surface area contributed by atoms with Gasteiger partial charge in [0.25, 0.3) is 0 Å². The Labute approximate surface area is 151 Å². The predicted molar refractivity (Wildman–Crippen MR) is 105 cm³/mol. The van der Waals surface area contributed by atoms with Gasteiger partial charge in [0.15, 0.2) is 5.11 Å². The first-order chi connectivity index (χ1) is 11.7. The summed E-state index contributed by atoms with van der Waals surface area (Å²) < 4.78 is 0. The minimum Gasteiger partial charge on any atom is -0.332 e.